The number of aromatic nitrogens is 1. The Morgan fingerprint density at radius 2 is 1.80 bits per heavy atom. The Bertz CT molecular complexity index is 995. The second-order valence-corrected chi connectivity index (χ2v) is 6.98. The van der Waals surface area contributed by atoms with Crippen LogP contribution < -0.4 is 0 Å². The summed E-state index contributed by atoms with van der Waals surface area (Å²) in [5.74, 6) is 0. The molecule has 1 heterocycles. The van der Waals surface area contributed by atoms with Crippen LogP contribution in [0.4, 0.5) is 0 Å². The molecule has 0 amide bonds. The van der Waals surface area contributed by atoms with Crippen LogP contribution in [0.3, 0.4) is 0 Å². The topological polar surface area (TPSA) is 28.7 Å². The molecule has 0 saturated carbocycles. The third kappa shape index (κ3) is 3.42. The van der Waals surface area contributed by atoms with Gasteiger partial charge in [-0.1, -0.05) is 41.9 Å². The zero-order chi connectivity index (χ0) is 18.0. The molecule has 0 fully saturated rings. The summed E-state index contributed by atoms with van der Waals surface area (Å²) in [5, 5.41) is 10.2. The highest BCUT2D eigenvalue weighted by molar-refractivity contribution is 9.10. The van der Waals surface area contributed by atoms with Crippen molar-refractivity contribution in [2.75, 3.05) is 0 Å². The molecule has 0 atom stereocenters. The first-order valence-electron chi connectivity index (χ1n) is 7.83. The van der Waals surface area contributed by atoms with Crippen LogP contribution in [0.5, 0.6) is 0 Å². The Hall–Kier alpha value is -2.28. The molecule has 3 rings (SSSR count). The van der Waals surface area contributed by atoms with Gasteiger partial charge in [0, 0.05) is 32.1 Å². The van der Waals surface area contributed by atoms with E-state index in [0.29, 0.717) is 10.6 Å². The van der Waals surface area contributed by atoms with Gasteiger partial charge in [0.1, 0.15) is 0 Å². The highest BCUT2D eigenvalue weighted by Crippen LogP contribution is 2.33. The highest BCUT2D eigenvalue weighted by atomic mass is 79.9. The lowest BCUT2D eigenvalue weighted by Crippen LogP contribution is -1.98. The number of allylic oxidation sites excluding steroid dienone is 1. The van der Waals surface area contributed by atoms with Crippen LogP contribution in [-0.2, 0) is 0 Å². The van der Waals surface area contributed by atoms with Gasteiger partial charge in [-0.3, -0.25) is 0 Å². The largest absolute Gasteiger partial charge is 0.317 e. The van der Waals surface area contributed by atoms with Gasteiger partial charge in [0.25, 0.3) is 0 Å². The number of para-hydroxylation sites is 1. The molecule has 124 valence electrons. The van der Waals surface area contributed by atoms with E-state index in [1.54, 1.807) is 12.1 Å². The minimum atomic E-state index is 0.580. The third-order valence-electron chi connectivity index (χ3n) is 4.17. The Morgan fingerprint density at radius 1 is 1.08 bits per heavy atom. The molecule has 25 heavy (non-hydrogen) atoms. The van der Waals surface area contributed by atoms with Gasteiger partial charge in [0.15, 0.2) is 0 Å². The molecule has 0 aliphatic carbocycles. The maximum Gasteiger partial charge on any atom is 0.0998 e. The van der Waals surface area contributed by atoms with Crippen LogP contribution in [0.25, 0.3) is 17.3 Å². The Kier molecular flexibility index (Phi) is 5.13. The van der Waals surface area contributed by atoms with Crippen LogP contribution in [0.2, 0.25) is 5.02 Å². The fourth-order valence-electron chi connectivity index (χ4n) is 2.94. The third-order valence-corrected chi connectivity index (χ3v) is 5.41. The van der Waals surface area contributed by atoms with E-state index in [9.17, 15) is 5.26 Å². The number of rotatable bonds is 3. The van der Waals surface area contributed by atoms with Crippen molar-refractivity contribution in [2.45, 2.75) is 13.8 Å². The van der Waals surface area contributed by atoms with Gasteiger partial charge in [-0.15, -0.1) is 0 Å². The lowest BCUT2D eigenvalue weighted by molar-refractivity contribution is 0.962. The number of nitriles is 1. The summed E-state index contributed by atoms with van der Waals surface area (Å²) in [6.45, 7) is 4.12. The lowest BCUT2D eigenvalue weighted by atomic mass is 10.0. The monoisotopic (exact) mass is 410 g/mol. The highest BCUT2D eigenvalue weighted by Gasteiger charge is 2.16. The molecule has 0 spiro atoms. The first kappa shape index (κ1) is 17.5. The van der Waals surface area contributed by atoms with Crippen LogP contribution in [0.1, 0.15) is 22.5 Å². The van der Waals surface area contributed by atoms with Crippen molar-refractivity contribution in [1.29, 1.82) is 5.26 Å². The number of halogens is 2. The van der Waals surface area contributed by atoms with Crippen molar-refractivity contribution >= 4 is 39.2 Å². The molecule has 0 N–H and O–H groups in total. The minimum absolute atomic E-state index is 0.580. The van der Waals surface area contributed by atoms with Gasteiger partial charge in [-0.05, 0) is 65.7 Å². The van der Waals surface area contributed by atoms with Gasteiger partial charge in [-0.2, -0.15) is 5.26 Å². The van der Waals surface area contributed by atoms with Crippen molar-refractivity contribution in [2.24, 2.45) is 0 Å². The average Bonchev–Trinajstić information content (AvgIpc) is 2.83. The molecule has 0 aliphatic heterocycles. The maximum absolute atomic E-state index is 9.62. The molecule has 0 radical (unpaired) electrons. The molecule has 3 aromatic rings. The van der Waals surface area contributed by atoms with Crippen molar-refractivity contribution in [1.82, 2.24) is 4.57 Å². The summed E-state index contributed by atoms with van der Waals surface area (Å²) in [6.07, 6.45) is 1.91. The molecule has 4 heteroatoms. The van der Waals surface area contributed by atoms with Crippen molar-refractivity contribution in [3.63, 3.8) is 0 Å². The standard InChI is InChI=1S/C21H16BrClN2/c1-14-20(12-17(13-24)16-7-6-8-18(23)11-16)21(22)15(2)25(14)19-9-4-3-5-10-19/h3-12H,1-2H3. The van der Waals surface area contributed by atoms with E-state index < -0.39 is 0 Å². The van der Waals surface area contributed by atoms with Gasteiger partial charge in [0.2, 0.25) is 0 Å². The molecule has 2 aromatic carbocycles. The van der Waals surface area contributed by atoms with E-state index in [1.807, 2.05) is 36.4 Å². The summed E-state index contributed by atoms with van der Waals surface area (Å²) >= 11 is 9.76. The Balaban J connectivity index is 2.17. The van der Waals surface area contributed by atoms with Crippen LogP contribution in [0, 0.1) is 25.2 Å². The Morgan fingerprint density at radius 3 is 2.44 bits per heavy atom. The quantitative estimate of drug-likeness (QED) is 0.448. The minimum Gasteiger partial charge on any atom is -0.317 e. The van der Waals surface area contributed by atoms with Gasteiger partial charge in [-0.25, -0.2) is 0 Å². The molecular weight excluding hydrogens is 396 g/mol. The van der Waals surface area contributed by atoms with Crippen LogP contribution >= 0.6 is 27.5 Å². The van der Waals surface area contributed by atoms with E-state index in [-0.39, 0.29) is 0 Å². The first-order chi connectivity index (χ1) is 12.0. The molecule has 0 bridgehead atoms. The molecule has 1 aromatic heterocycles. The number of hydrogen-bond donors (Lipinski definition) is 0. The summed E-state index contributed by atoms with van der Waals surface area (Å²) in [7, 11) is 0. The van der Waals surface area contributed by atoms with E-state index in [2.05, 4.69) is 52.5 Å². The fraction of sp³-hybridized carbons (Fsp3) is 0.0952. The zero-order valence-electron chi connectivity index (χ0n) is 13.9. The van der Waals surface area contributed by atoms with Gasteiger partial charge in [0.05, 0.1) is 11.6 Å². The predicted octanol–water partition coefficient (Wildman–Crippen LogP) is 6.57. The number of benzene rings is 2. The van der Waals surface area contributed by atoms with Crippen molar-refractivity contribution in [3.8, 4) is 11.8 Å². The second-order valence-electron chi connectivity index (χ2n) is 5.75. The molecular formula is C21H16BrClN2. The summed E-state index contributed by atoms with van der Waals surface area (Å²) in [6, 6.07) is 19.8. The second kappa shape index (κ2) is 7.31. The maximum atomic E-state index is 9.62. The lowest BCUT2D eigenvalue weighted by Gasteiger charge is -2.09. The molecule has 0 aliphatic rings. The van der Waals surface area contributed by atoms with Crippen LogP contribution in [-0.4, -0.2) is 4.57 Å². The fourth-order valence-corrected chi connectivity index (χ4v) is 3.71. The van der Waals surface area contributed by atoms with Gasteiger partial charge >= 0.3 is 0 Å². The predicted molar refractivity (Wildman–Crippen MR) is 108 cm³/mol. The normalized spacial score (nSPS) is 11.4. The Labute approximate surface area is 161 Å². The number of hydrogen-bond acceptors (Lipinski definition) is 1. The zero-order valence-corrected chi connectivity index (χ0v) is 16.3. The smallest absolute Gasteiger partial charge is 0.0998 e. The van der Waals surface area contributed by atoms with Crippen molar-refractivity contribution in [3.05, 3.63) is 86.6 Å². The van der Waals surface area contributed by atoms with Crippen LogP contribution in [0.15, 0.2) is 59.1 Å². The SMILES string of the molecule is Cc1c(Br)c(C=C(C#N)c2cccc(Cl)c2)c(C)n1-c1ccccc1. The van der Waals surface area contributed by atoms with Crippen molar-refractivity contribution < 1.29 is 0 Å². The van der Waals surface area contributed by atoms with E-state index in [4.69, 9.17) is 11.6 Å². The summed E-state index contributed by atoms with van der Waals surface area (Å²) in [5.41, 5.74) is 5.66. The summed E-state index contributed by atoms with van der Waals surface area (Å²) in [4.78, 5) is 0. The molecule has 2 nitrogen and oxygen atoms in total. The van der Waals surface area contributed by atoms with E-state index in [1.165, 1.54) is 0 Å². The van der Waals surface area contributed by atoms with E-state index in [0.717, 1.165) is 32.7 Å². The average molecular weight is 412 g/mol. The first-order valence-corrected chi connectivity index (χ1v) is 9.00. The van der Waals surface area contributed by atoms with Gasteiger partial charge < -0.3 is 4.57 Å². The summed E-state index contributed by atoms with van der Waals surface area (Å²) < 4.78 is 3.17. The molecule has 0 saturated heterocycles. The molecule has 0 unspecified atom stereocenters. The van der Waals surface area contributed by atoms with E-state index >= 15 is 0 Å². The number of nitrogens with zero attached hydrogens (tertiary/aromatic N) is 2.